The average Bonchev–Trinajstić information content (AvgIpc) is 3.28. The lowest BCUT2D eigenvalue weighted by molar-refractivity contribution is -0.384. The molecule has 0 spiro atoms. The number of hydrogen-bond acceptors (Lipinski definition) is 11. The minimum atomic E-state index is -2.00. The summed E-state index contributed by atoms with van der Waals surface area (Å²) < 4.78 is 29.6. The quantitative estimate of drug-likeness (QED) is 0.194. The van der Waals surface area contributed by atoms with Crippen molar-refractivity contribution in [3.05, 3.63) is 95.1 Å². The number of hydrogen-bond donors (Lipinski definition) is 3. The molecule has 5 rings (SSSR count). The summed E-state index contributed by atoms with van der Waals surface area (Å²) >= 11 is 0. The lowest BCUT2D eigenvalue weighted by Gasteiger charge is -2.40. The molecule has 1 saturated heterocycles. The van der Waals surface area contributed by atoms with Gasteiger partial charge in [-0.3, -0.25) is 9.59 Å². The number of rotatable bonds is 12. The van der Waals surface area contributed by atoms with Gasteiger partial charge in [-0.25, -0.2) is 4.79 Å². The summed E-state index contributed by atoms with van der Waals surface area (Å²) in [6.07, 6.45) is 2.44. The third-order valence-corrected chi connectivity index (χ3v) is 11.0. The molecule has 55 heavy (non-hydrogen) atoms. The van der Waals surface area contributed by atoms with Crippen LogP contribution in [-0.4, -0.2) is 97.6 Å². The summed E-state index contributed by atoms with van der Waals surface area (Å²) in [5.74, 6) is -3.81. The topological polar surface area (TPSA) is 153 Å². The van der Waals surface area contributed by atoms with Crippen LogP contribution in [0.2, 0.25) is 0 Å². The largest absolute Gasteiger partial charge is 0.493 e. The Morgan fingerprint density at radius 3 is 2.45 bits per heavy atom. The highest BCUT2D eigenvalue weighted by Crippen LogP contribution is 2.51. The summed E-state index contributed by atoms with van der Waals surface area (Å²) in [5.41, 5.74) is 1.40. The smallest absolute Gasteiger partial charge is 0.415 e. The molecule has 1 aliphatic heterocycles. The second kappa shape index (κ2) is 17.6. The van der Waals surface area contributed by atoms with Gasteiger partial charge in [-0.05, 0) is 80.5 Å². The second-order valence-electron chi connectivity index (χ2n) is 15.4. The van der Waals surface area contributed by atoms with Gasteiger partial charge in [-0.1, -0.05) is 67.6 Å². The molecule has 6 unspecified atom stereocenters. The van der Waals surface area contributed by atoms with E-state index in [4.69, 9.17) is 23.7 Å². The predicted octanol–water partition coefficient (Wildman–Crippen LogP) is 5.16. The number of nitrogens with zero attached hydrogens (tertiary/aromatic N) is 1. The molecule has 2 aromatic rings. The fourth-order valence-electron chi connectivity index (χ4n) is 8.15. The van der Waals surface area contributed by atoms with Crippen LogP contribution >= 0.6 is 0 Å². The molecular weight excluding hydrogens is 704 g/mol. The first-order chi connectivity index (χ1) is 26.1. The Balaban J connectivity index is 1.39. The van der Waals surface area contributed by atoms with Crippen molar-refractivity contribution in [2.24, 2.45) is 23.7 Å². The van der Waals surface area contributed by atoms with E-state index in [1.165, 1.54) is 12.0 Å². The molecule has 298 valence electrons. The molecule has 1 fully saturated rings. The number of carbonyl (C=O) groups excluding carboxylic acids is 3. The van der Waals surface area contributed by atoms with E-state index in [1.807, 2.05) is 56.3 Å². The number of nitrogens with one attached hydrogen (secondary N) is 1. The minimum absolute atomic E-state index is 0.0323. The number of methoxy groups -OCH3 is 1. The Morgan fingerprint density at radius 2 is 1.78 bits per heavy atom. The first-order valence-corrected chi connectivity index (χ1v) is 18.9. The fourth-order valence-corrected chi connectivity index (χ4v) is 8.15. The highest BCUT2D eigenvalue weighted by atomic mass is 16.8. The van der Waals surface area contributed by atoms with Crippen LogP contribution < -0.4 is 14.8 Å². The van der Waals surface area contributed by atoms with Crippen molar-refractivity contribution in [2.45, 2.75) is 77.2 Å². The van der Waals surface area contributed by atoms with Gasteiger partial charge in [0.15, 0.2) is 17.3 Å². The molecule has 3 N–H and O–H groups in total. The van der Waals surface area contributed by atoms with Crippen molar-refractivity contribution in [1.29, 1.82) is 0 Å². The Kier molecular flexibility index (Phi) is 13.4. The number of esters is 1. The number of ketones is 1. The second-order valence-corrected chi connectivity index (χ2v) is 15.4. The zero-order valence-corrected chi connectivity index (χ0v) is 33.0. The molecule has 0 aromatic heterocycles. The van der Waals surface area contributed by atoms with Crippen LogP contribution in [0.1, 0.15) is 51.7 Å². The maximum atomic E-state index is 13.7. The van der Waals surface area contributed by atoms with Gasteiger partial charge >= 0.3 is 12.1 Å². The minimum Gasteiger partial charge on any atom is -0.493 e. The van der Waals surface area contributed by atoms with E-state index < -0.39 is 47.7 Å². The van der Waals surface area contributed by atoms with E-state index in [9.17, 15) is 24.6 Å². The zero-order chi connectivity index (χ0) is 40.1. The summed E-state index contributed by atoms with van der Waals surface area (Å²) in [5, 5.41) is 27.3. The van der Waals surface area contributed by atoms with Crippen molar-refractivity contribution in [2.75, 3.05) is 40.9 Å². The van der Waals surface area contributed by atoms with Crippen molar-refractivity contribution < 1.29 is 48.3 Å². The Labute approximate surface area is 324 Å². The van der Waals surface area contributed by atoms with Crippen LogP contribution in [0, 0.1) is 23.7 Å². The van der Waals surface area contributed by atoms with Gasteiger partial charge in [0.1, 0.15) is 12.2 Å². The number of carbonyl (C=O) groups is 3. The Morgan fingerprint density at radius 1 is 1.05 bits per heavy atom. The SMILES string of the molecule is C=C(C)C1C[C@@H](C)C2C(C=C(COC(=O)Cc3ccc(OC(=O)N(C)CCNC)c(OC)c3)CC3(O)C(=O)C(C)=CC23)C(C)O[C@](O)(Cc2ccccc2)O1. The molecule has 3 aliphatic rings. The number of amides is 1. The molecule has 12 heteroatoms. The van der Waals surface area contributed by atoms with E-state index in [2.05, 4.69) is 18.8 Å². The first-order valence-electron chi connectivity index (χ1n) is 18.9. The van der Waals surface area contributed by atoms with Crippen LogP contribution in [-0.2, 0) is 36.6 Å². The van der Waals surface area contributed by atoms with E-state index in [-0.39, 0.29) is 55.0 Å². The molecule has 1 heterocycles. The van der Waals surface area contributed by atoms with Crippen LogP contribution in [0.25, 0.3) is 0 Å². The van der Waals surface area contributed by atoms with E-state index in [0.717, 1.165) is 11.1 Å². The van der Waals surface area contributed by atoms with Crippen molar-refractivity contribution in [1.82, 2.24) is 10.2 Å². The van der Waals surface area contributed by atoms with Gasteiger partial charge < -0.3 is 44.1 Å². The van der Waals surface area contributed by atoms with E-state index in [0.29, 0.717) is 36.2 Å². The lowest BCUT2D eigenvalue weighted by Crippen LogP contribution is -2.48. The van der Waals surface area contributed by atoms with Gasteiger partial charge in [0.25, 0.3) is 5.97 Å². The molecule has 2 aliphatic carbocycles. The van der Waals surface area contributed by atoms with Gasteiger partial charge in [0.2, 0.25) is 0 Å². The van der Waals surface area contributed by atoms with Crippen molar-refractivity contribution in [3.8, 4) is 11.5 Å². The fraction of sp³-hybridized carbons (Fsp3) is 0.512. The van der Waals surface area contributed by atoms with Gasteiger partial charge in [-0.2, -0.15) is 0 Å². The summed E-state index contributed by atoms with van der Waals surface area (Å²) in [6.45, 7) is 12.5. The summed E-state index contributed by atoms with van der Waals surface area (Å²) in [7, 11) is 4.87. The number of fused-ring (bicyclic) bond motifs is 3. The molecule has 0 radical (unpaired) electrons. The highest BCUT2D eigenvalue weighted by molar-refractivity contribution is 6.04. The van der Waals surface area contributed by atoms with E-state index >= 15 is 0 Å². The summed E-state index contributed by atoms with van der Waals surface area (Å²) in [6, 6.07) is 14.3. The highest BCUT2D eigenvalue weighted by Gasteiger charge is 2.56. The van der Waals surface area contributed by atoms with Crippen molar-refractivity contribution in [3.63, 3.8) is 0 Å². The van der Waals surface area contributed by atoms with Crippen LogP contribution in [0.3, 0.4) is 0 Å². The van der Waals surface area contributed by atoms with Gasteiger partial charge in [0.05, 0.1) is 32.2 Å². The molecular formula is C43H56N2O10. The van der Waals surface area contributed by atoms with Crippen molar-refractivity contribution >= 4 is 17.8 Å². The standard InChI is InChI=1S/C43H56N2O10/c1-26(2)36-19-27(3)39-33(29(5)54-43(50,55-36)24-30-12-10-9-11-13-30)20-32(23-42(49)34(39)18-28(4)40(42)47)25-52-38(46)22-31-14-15-35(37(21-31)51-8)53-41(48)45(7)17-16-44-6/h9-15,18,20-21,27,29,33-34,36,39,44,49-50H,1,16-17,19,22-25H2,2-8H3/t27-,29?,33?,34?,36?,39?,42?,43-/m1/s1. The maximum absolute atomic E-state index is 13.7. The predicted molar refractivity (Wildman–Crippen MR) is 206 cm³/mol. The molecule has 0 bridgehead atoms. The van der Waals surface area contributed by atoms with E-state index in [1.54, 1.807) is 39.2 Å². The van der Waals surface area contributed by atoms with Gasteiger partial charge in [0, 0.05) is 38.4 Å². The zero-order valence-electron chi connectivity index (χ0n) is 33.0. The normalized spacial score (nSPS) is 29.2. The number of aliphatic hydroxyl groups is 2. The molecule has 8 atom stereocenters. The Bertz CT molecular complexity index is 1790. The van der Waals surface area contributed by atoms with Crippen LogP contribution in [0.5, 0.6) is 11.5 Å². The third-order valence-electron chi connectivity index (χ3n) is 11.0. The number of Topliss-reactive ketones (excluding diaryl/α,β-unsaturated/α-hetero) is 1. The monoisotopic (exact) mass is 760 g/mol. The van der Waals surface area contributed by atoms with Crippen LogP contribution in [0.15, 0.2) is 84.0 Å². The summed E-state index contributed by atoms with van der Waals surface area (Å²) in [4.78, 5) is 41.0. The molecule has 1 amide bonds. The molecule has 12 nitrogen and oxygen atoms in total. The number of ether oxygens (including phenoxy) is 5. The maximum Gasteiger partial charge on any atom is 0.415 e. The lowest BCUT2D eigenvalue weighted by atomic mass is 9.67. The third kappa shape index (κ3) is 9.74. The first kappa shape index (κ1) is 41.8. The van der Waals surface area contributed by atoms with Gasteiger partial charge in [-0.15, -0.1) is 0 Å². The molecule has 2 aromatic carbocycles. The molecule has 0 saturated carbocycles. The van der Waals surface area contributed by atoms with Crippen LogP contribution in [0.4, 0.5) is 4.79 Å². The number of benzene rings is 2. The Hall–Kier alpha value is -4.33. The number of likely N-dealkylation sites (N-methyl/N-ethyl adjacent to an activating group) is 2. The average molecular weight is 761 g/mol.